The van der Waals surface area contributed by atoms with Gasteiger partial charge in [0.1, 0.15) is 5.75 Å². The minimum atomic E-state index is -0.391. The summed E-state index contributed by atoms with van der Waals surface area (Å²) in [5, 5.41) is 14.5. The number of aromatic amines is 1. The summed E-state index contributed by atoms with van der Waals surface area (Å²) < 4.78 is 17.5. The molecule has 0 radical (unpaired) electrons. The molecule has 0 spiro atoms. The van der Waals surface area contributed by atoms with Crippen molar-refractivity contribution in [1.82, 2.24) is 20.6 Å². The Morgan fingerprint density at radius 3 is 2.67 bits per heavy atom. The van der Waals surface area contributed by atoms with Crippen LogP contribution in [-0.2, 0) is 16.0 Å². The van der Waals surface area contributed by atoms with Crippen molar-refractivity contribution >= 4 is 23.8 Å². The van der Waals surface area contributed by atoms with E-state index in [0.717, 1.165) is 47.6 Å². The largest absolute Gasteiger partial charge is 0.494 e. The lowest BCUT2D eigenvalue weighted by Gasteiger charge is -2.36. The third kappa shape index (κ3) is 7.96. The molecule has 9 nitrogen and oxygen atoms in total. The van der Waals surface area contributed by atoms with Gasteiger partial charge in [-0.25, -0.2) is 0 Å². The molecular formula is C33H37N5O4. The molecule has 0 saturated carbocycles. The molecule has 2 heterocycles. The molecule has 1 aliphatic rings. The third-order valence-electron chi connectivity index (χ3n) is 7.08. The number of fused-ring (bicyclic) bond motifs is 1. The van der Waals surface area contributed by atoms with Crippen molar-refractivity contribution in [2.75, 3.05) is 31.2 Å². The number of aryl methyl sites for hydroxylation is 1. The summed E-state index contributed by atoms with van der Waals surface area (Å²) in [6, 6.07) is 24.7. The average molecular weight is 568 g/mol. The highest BCUT2D eigenvalue weighted by atomic mass is 16.5. The van der Waals surface area contributed by atoms with Crippen LogP contribution in [0.4, 0.5) is 5.69 Å². The Morgan fingerprint density at radius 2 is 1.88 bits per heavy atom. The average Bonchev–Trinajstić information content (AvgIpc) is 3.56. The van der Waals surface area contributed by atoms with Crippen LogP contribution < -0.4 is 14.4 Å². The number of rotatable bonds is 14. The number of esters is 1. The molecule has 1 aliphatic heterocycles. The number of carbonyl (C=O) groups is 1. The van der Waals surface area contributed by atoms with Gasteiger partial charge in [-0.1, -0.05) is 72.0 Å². The zero-order valence-electron chi connectivity index (χ0n) is 23.9. The molecule has 1 unspecified atom stereocenters. The van der Waals surface area contributed by atoms with Crippen LogP contribution in [0.5, 0.6) is 11.5 Å². The zero-order chi connectivity index (χ0) is 29.0. The number of anilines is 1. The van der Waals surface area contributed by atoms with E-state index in [2.05, 4.69) is 68.0 Å². The van der Waals surface area contributed by atoms with Gasteiger partial charge in [-0.15, -0.1) is 10.2 Å². The zero-order valence-corrected chi connectivity index (χ0v) is 23.9. The minimum absolute atomic E-state index is 0.183. The molecule has 218 valence electrons. The van der Waals surface area contributed by atoms with E-state index in [9.17, 15) is 4.79 Å². The van der Waals surface area contributed by atoms with Gasteiger partial charge in [0, 0.05) is 18.5 Å². The molecule has 0 saturated heterocycles. The van der Waals surface area contributed by atoms with E-state index in [1.807, 2.05) is 49.4 Å². The van der Waals surface area contributed by atoms with E-state index in [1.165, 1.54) is 5.56 Å². The highest BCUT2D eigenvalue weighted by Gasteiger charge is 2.30. The number of unbranched alkanes of at least 4 members (excludes halogenated alkanes) is 1. The number of aromatic nitrogens is 4. The van der Waals surface area contributed by atoms with Crippen LogP contribution in [0.2, 0.25) is 0 Å². The first-order valence-corrected chi connectivity index (χ1v) is 14.6. The van der Waals surface area contributed by atoms with Crippen LogP contribution in [0.15, 0.2) is 72.8 Å². The van der Waals surface area contributed by atoms with E-state index < -0.39 is 6.10 Å². The van der Waals surface area contributed by atoms with Crippen LogP contribution in [0.25, 0.3) is 12.2 Å². The van der Waals surface area contributed by atoms with Gasteiger partial charge in [0.05, 0.1) is 25.4 Å². The van der Waals surface area contributed by atoms with Crippen LogP contribution >= 0.6 is 0 Å². The Labute approximate surface area is 246 Å². The Kier molecular flexibility index (Phi) is 10.2. The van der Waals surface area contributed by atoms with Crippen LogP contribution in [0.3, 0.4) is 0 Å². The number of hydrogen-bond donors (Lipinski definition) is 1. The van der Waals surface area contributed by atoms with Gasteiger partial charge in [0.25, 0.3) is 0 Å². The summed E-state index contributed by atoms with van der Waals surface area (Å²) in [4.78, 5) is 14.1. The molecule has 1 aromatic heterocycles. The fourth-order valence-corrected chi connectivity index (χ4v) is 4.96. The number of tetrazole rings is 1. The van der Waals surface area contributed by atoms with Crippen molar-refractivity contribution in [3.8, 4) is 11.5 Å². The van der Waals surface area contributed by atoms with Gasteiger partial charge in [0.15, 0.2) is 11.9 Å². The van der Waals surface area contributed by atoms with Crippen molar-refractivity contribution in [3.63, 3.8) is 0 Å². The topological polar surface area (TPSA) is 102 Å². The monoisotopic (exact) mass is 567 g/mol. The van der Waals surface area contributed by atoms with Crippen molar-refractivity contribution in [2.45, 2.75) is 45.1 Å². The smallest absolute Gasteiger partial charge is 0.305 e. The predicted molar refractivity (Wildman–Crippen MR) is 162 cm³/mol. The highest BCUT2D eigenvalue weighted by Crippen LogP contribution is 2.41. The lowest BCUT2D eigenvalue weighted by Crippen LogP contribution is -2.37. The Bertz CT molecular complexity index is 1420. The Hall–Kier alpha value is -4.66. The molecule has 3 aromatic carbocycles. The number of nitrogens with one attached hydrogen (secondary N) is 1. The van der Waals surface area contributed by atoms with Gasteiger partial charge < -0.3 is 19.1 Å². The third-order valence-corrected chi connectivity index (χ3v) is 7.08. The molecule has 1 atom stereocenters. The summed E-state index contributed by atoms with van der Waals surface area (Å²) in [5.74, 6) is 1.93. The number of H-pyrrole nitrogens is 1. The van der Waals surface area contributed by atoms with Gasteiger partial charge in [-0.05, 0) is 61.9 Å². The molecule has 0 fully saturated rings. The van der Waals surface area contributed by atoms with E-state index in [4.69, 9.17) is 14.2 Å². The molecule has 0 aliphatic carbocycles. The molecule has 42 heavy (non-hydrogen) atoms. The number of para-hydroxylation sites is 1. The first kappa shape index (κ1) is 28.9. The fourth-order valence-electron chi connectivity index (χ4n) is 4.96. The summed E-state index contributed by atoms with van der Waals surface area (Å²) in [6.07, 6.45) is 7.93. The normalized spacial score (nSPS) is 14.4. The van der Waals surface area contributed by atoms with E-state index in [0.29, 0.717) is 45.0 Å². The van der Waals surface area contributed by atoms with Gasteiger partial charge in [0.2, 0.25) is 5.82 Å². The summed E-state index contributed by atoms with van der Waals surface area (Å²) in [7, 11) is 0. The Morgan fingerprint density at radius 1 is 1.02 bits per heavy atom. The maximum atomic E-state index is 11.9. The van der Waals surface area contributed by atoms with Crippen molar-refractivity contribution in [1.29, 1.82) is 0 Å². The summed E-state index contributed by atoms with van der Waals surface area (Å²) in [5.41, 5.74) is 4.33. The number of ether oxygens (including phenoxy) is 3. The lowest BCUT2D eigenvalue weighted by atomic mass is 10.1. The fraction of sp³-hybridized carbons (Fsp3) is 0.333. The molecule has 9 heteroatoms. The second kappa shape index (κ2) is 14.8. The highest BCUT2D eigenvalue weighted by molar-refractivity contribution is 5.78. The Balaban J connectivity index is 1.21. The first-order chi connectivity index (χ1) is 20.7. The maximum Gasteiger partial charge on any atom is 0.305 e. The van der Waals surface area contributed by atoms with Gasteiger partial charge in [-0.3, -0.25) is 4.79 Å². The van der Waals surface area contributed by atoms with E-state index >= 15 is 0 Å². The van der Waals surface area contributed by atoms with E-state index in [-0.39, 0.29) is 5.97 Å². The minimum Gasteiger partial charge on any atom is -0.494 e. The second-order valence-electron chi connectivity index (χ2n) is 10.1. The van der Waals surface area contributed by atoms with Crippen molar-refractivity contribution in [3.05, 3.63) is 95.3 Å². The molecule has 0 bridgehead atoms. The standard InChI is InChI=1S/C33H37N5O4/c1-2-40-31(39)15-9-22-38-24-30(33-34-36-37-35-33)42-32-27(13-8-14-29(32)38)19-16-26-17-20-28(21-18-26)41-23-7-6-12-25-10-4-3-5-11-25/h3-5,8,10-11,13-14,16-21,30H,2,6-7,9,12,15,22-24H2,1H3,(H,34,35,36,37)/b19-16+. The van der Waals surface area contributed by atoms with Crippen LogP contribution in [0.1, 0.15) is 61.2 Å². The molecule has 5 rings (SSSR count). The maximum absolute atomic E-state index is 11.9. The predicted octanol–water partition coefficient (Wildman–Crippen LogP) is 6.06. The lowest BCUT2D eigenvalue weighted by molar-refractivity contribution is -0.143. The molecule has 0 amide bonds. The SMILES string of the molecule is CCOC(=O)CCCN1CC(c2nn[nH]n2)Oc2c(/C=C/c3ccc(OCCCCc4ccccc4)cc3)cccc21. The second-order valence-corrected chi connectivity index (χ2v) is 10.1. The number of benzene rings is 3. The number of nitrogens with zero attached hydrogens (tertiary/aromatic N) is 4. The molecule has 1 N–H and O–H groups in total. The molecular weight excluding hydrogens is 530 g/mol. The van der Waals surface area contributed by atoms with Crippen molar-refractivity contribution in [2.24, 2.45) is 0 Å². The summed E-state index contributed by atoms with van der Waals surface area (Å²) in [6.45, 7) is 4.13. The van der Waals surface area contributed by atoms with Crippen LogP contribution in [-0.4, -0.2) is 52.9 Å². The number of hydrogen-bond acceptors (Lipinski definition) is 8. The quantitative estimate of drug-likeness (QED) is 0.112. The number of carbonyl (C=O) groups excluding carboxylic acids is 1. The van der Waals surface area contributed by atoms with Crippen molar-refractivity contribution < 1.29 is 19.0 Å². The molecule has 4 aromatic rings. The van der Waals surface area contributed by atoms with Gasteiger partial charge in [-0.2, -0.15) is 5.21 Å². The van der Waals surface area contributed by atoms with Gasteiger partial charge >= 0.3 is 5.97 Å². The van der Waals surface area contributed by atoms with E-state index in [1.54, 1.807) is 0 Å². The summed E-state index contributed by atoms with van der Waals surface area (Å²) >= 11 is 0. The van der Waals surface area contributed by atoms with Crippen LogP contribution in [0, 0.1) is 0 Å². The first-order valence-electron chi connectivity index (χ1n) is 14.6.